The molecule has 1 rings (SSSR count). The van der Waals surface area contributed by atoms with E-state index in [0.717, 1.165) is 19.6 Å². The molecule has 0 saturated carbocycles. The second-order valence-corrected chi connectivity index (χ2v) is 14.6. The zero-order valence-corrected chi connectivity index (χ0v) is 30.7. The summed E-state index contributed by atoms with van der Waals surface area (Å²) < 4.78 is 14.2. The summed E-state index contributed by atoms with van der Waals surface area (Å²) in [7, 11) is 0. The van der Waals surface area contributed by atoms with Gasteiger partial charge >= 0.3 is 0 Å². The molecular weight excluding hydrogens is 526 g/mol. The predicted molar refractivity (Wildman–Crippen MR) is 191 cm³/mol. The van der Waals surface area contributed by atoms with Gasteiger partial charge in [0.15, 0.2) is 6.29 Å². The van der Waals surface area contributed by atoms with E-state index in [1.807, 2.05) is 0 Å². The first kappa shape index (κ1) is 40.9. The summed E-state index contributed by atoms with van der Waals surface area (Å²) in [4.78, 5) is 0. The number of rotatable bonds is 32. The van der Waals surface area contributed by atoms with Crippen LogP contribution in [0.3, 0.4) is 0 Å². The topological polar surface area (TPSA) is 18.5 Å². The van der Waals surface area contributed by atoms with Crippen molar-refractivity contribution in [3.63, 3.8) is 0 Å². The van der Waals surface area contributed by atoms with Crippen LogP contribution >= 0.6 is 0 Å². The van der Waals surface area contributed by atoms with Gasteiger partial charge in [-0.3, -0.25) is 0 Å². The van der Waals surface area contributed by atoms with Gasteiger partial charge in [-0.1, -0.05) is 168 Å². The Bertz CT molecular complexity index is 529. The van der Waals surface area contributed by atoms with Gasteiger partial charge in [-0.05, 0) is 33.6 Å². The summed E-state index contributed by atoms with van der Waals surface area (Å²) in [5.74, 6) is 0. The minimum Gasteiger partial charge on any atom is -0.352 e. The van der Waals surface area contributed by atoms with Gasteiger partial charge in [0.1, 0.15) is 0 Å². The number of hydrogen-bond acceptors (Lipinski definition) is 2. The number of hydrogen-bond donors (Lipinski definition) is 0. The highest BCUT2D eigenvalue weighted by Gasteiger charge is 2.37. The molecule has 1 saturated heterocycles. The van der Waals surface area contributed by atoms with Crippen molar-refractivity contribution in [3.8, 4) is 0 Å². The molecule has 0 unspecified atom stereocenters. The van der Waals surface area contributed by atoms with Crippen LogP contribution in [0.2, 0.25) is 0 Å². The molecule has 258 valence electrons. The molecule has 0 aliphatic carbocycles. The Kier molecular flexibility index (Phi) is 26.8. The fourth-order valence-corrected chi connectivity index (χ4v) is 7.42. The smallest absolute Gasteiger partial charge is 0.162 e. The molecule has 0 aromatic heterocycles. The lowest BCUT2D eigenvalue weighted by Gasteiger charge is -2.42. The third-order valence-corrected chi connectivity index (χ3v) is 11.1. The SMILES string of the molecule is CCCCCCCCCCCCCCC1(CCCCCCCCCCCCCC)COC(CC[N+](CC)(CC)CC)OC1. The molecule has 43 heavy (non-hydrogen) atoms. The Morgan fingerprint density at radius 3 is 1.05 bits per heavy atom. The van der Waals surface area contributed by atoms with Gasteiger partial charge in [0.2, 0.25) is 0 Å². The van der Waals surface area contributed by atoms with E-state index in [9.17, 15) is 0 Å². The highest BCUT2D eigenvalue weighted by molar-refractivity contribution is 4.82. The Hall–Kier alpha value is -0.120. The molecule has 3 heteroatoms. The average Bonchev–Trinajstić information content (AvgIpc) is 3.04. The normalized spacial score (nSPS) is 15.8. The zero-order valence-electron chi connectivity index (χ0n) is 30.7. The molecule has 0 bridgehead atoms. The molecule has 1 heterocycles. The zero-order chi connectivity index (χ0) is 31.3. The lowest BCUT2D eigenvalue weighted by Crippen LogP contribution is -2.50. The quantitative estimate of drug-likeness (QED) is 0.0558. The maximum Gasteiger partial charge on any atom is 0.162 e. The Morgan fingerprint density at radius 1 is 0.442 bits per heavy atom. The van der Waals surface area contributed by atoms with Gasteiger partial charge in [-0.15, -0.1) is 0 Å². The van der Waals surface area contributed by atoms with Crippen LogP contribution in [-0.2, 0) is 9.47 Å². The van der Waals surface area contributed by atoms with Gasteiger partial charge in [0.25, 0.3) is 0 Å². The van der Waals surface area contributed by atoms with Crippen molar-refractivity contribution in [2.45, 2.75) is 214 Å². The first-order chi connectivity index (χ1) is 21.1. The maximum absolute atomic E-state index is 6.51. The lowest BCUT2D eigenvalue weighted by atomic mass is 9.78. The maximum atomic E-state index is 6.51. The molecule has 0 amide bonds. The fourth-order valence-electron chi connectivity index (χ4n) is 7.42. The van der Waals surface area contributed by atoms with Crippen molar-refractivity contribution in [1.82, 2.24) is 0 Å². The molecule has 0 aromatic carbocycles. The van der Waals surface area contributed by atoms with Crippen molar-refractivity contribution in [2.24, 2.45) is 5.41 Å². The monoisotopic (exact) mass is 609 g/mol. The van der Waals surface area contributed by atoms with Crippen LogP contribution in [0.1, 0.15) is 208 Å². The van der Waals surface area contributed by atoms with Gasteiger partial charge in [0.05, 0.1) is 39.4 Å². The van der Waals surface area contributed by atoms with Crippen molar-refractivity contribution in [2.75, 3.05) is 39.4 Å². The number of nitrogens with zero attached hydrogens (tertiary/aromatic N) is 1. The Morgan fingerprint density at radius 2 is 0.744 bits per heavy atom. The molecule has 0 atom stereocenters. The van der Waals surface area contributed by atoms with Crippen LogP contribution in [0.15, 0.2) is 0 Å². The van der Waals surface area contributed by atoms with Crippen LogP contribution < -0.4 is 0 Å². The standard InChI is InChI=1S/C40H82NO2/c1-6-11-13-15-17-19-21-23-25-27-29-31-34-40(35-32-30-28-26-24-22-20-18-16-14-12-7-2)37-42-39(43-38-40)33-36-41(8-3,9-4)10-5/h39H,6-38H2,1-5H3/q+1. The van der Waals surface area contributed by atoms with Crippen LogP contribution in [0.25, 0.3) is 0 Å². The van der Waals surface area contributed by atoms with E-state index in [1.165, 1.54) is 198 Å². The highest BCUT2D eigenvalue weighted by Crippen LogP contribution is 2.37. The molecule has 1 aliphatic heterocycles. The van der Waals surface area contributed by atoms with E-state index >= 15 is 0 Å². The summed E-state index contributed by atoms with van der Waals surface area (Å²) >= 11 is 0. The summed E-state index contributed by atoms with van der Waals surface area (Å²) in [5, 5.41) is 0. The third kappa shape index (κ3) is 20.6. The third-order valence-electron chi connectivity index (χ3n) is 11.1. The molecule has 3 nitrogen and oxygen atoms in total. The van der Waals surface area contributed by atoms with Gasteiger partial charge in [0, 0.05) is 11.8 Å². The Balaban J connectivity index is 2.33. The molecule has 0 spiro atoms. The number of unbranched alkanes of at least 4 members (excludes halogenated alkanes) is 22. The Labute approximate surface area is 272 Å². The summed E-state index contributed by atoms with van der Waals surface area (Å²) in [5.41, 5.74) is 0.264. The van der Waals surface area contributed by atoms with E-state index < -0.39 is 0 Å². The van der Waals surface area contributed by atoms with Crippen LogP contribution in [-0.4, -0.2) is 50.2 Å². The minimum atomic E-state index is 0.0132. The van der Waals surface area contributed by atoms with Crippen LogP contribution in [0, 0.1) is 5.41 Å². The van der Waals surface area contributed by atoms with Crippen molar-refractivity contribution < 1.29 is 14.0 Å². The molecule has 1 fully saturated rings. The van der Waals surface area contributed by atoms with E-state index in [2.05, 4.69) is 34.6 Å². The number of quaternary nitrogens is 1. The van der Waals surface area contributed by atoms with E-state index in [-0.39, 0.29) is 11.7 Å². The second kappa shape index (κ2) is 28.1. The van der Waals surface area contributed by atoms with Gasteiger partial charge < -0.3 is 14.0 Å². The predicted octanol–water partition coefficient (Wildman–Crippen LogP) is 12.8. The van der Waals surface area contributed by atoms with Gasteiger partial charge in [-0.25, -0.2) is 0 Å². The fraction of sp³-hybridized carbons (Fsp3) is 1.00. The first-order valence-electron chi connectivity index (χ1n) is 20.2. The van der Waals surface area contributed by atoms with Crippen LogP contribution in [0.4, 0.5) is 0 Å². The molecule has 0 N–H and O–H groups in total. The van der Waals surface area contributed by atoms with Gasteiger partial charge in [-0.2, -0.15) is 0 Å². The largest absolute Gasteiger partial charge is 0.352 e. The highest BCUT2D eigenvalue weighted by atomic mass is 16.7. The molecular formula is C40H82NO2+. The molecule has 0 aromatic rings. The first-order valence-corrected chi connectivity index (χ1v) is 20.2. The second-order valence-electron chi connectivity index (χ2n) is 14.6. The summed E-state index contributed by atoms with van der Waals surface area (Å²) in [6.07, 6.45) is 37.8. The van der Waals surface area contributed by atoms with E-state index in [0.29, 0.717) is 0 Å². The van der Waals surface area contributed by atoms with E-state index in [4.69, 9.17) is 9.47 Å². The molecule has 1 aliphatic rings. The van der Waals surface area contributed by atoms with Crippen molar-refractivity contribution >= 4 is 0 Å². The average molecular weight is 609 g/mol. The summed E-state index contributed by atoms with van der Waals surface area (Å²) in [6, 6.07) is 0. The summed E-state index contributed by atoms with van der Waals surface area (Å²) in [6.45, 7) is 18.3. The molecule has 0 radical (unpaired) electrons. The number of ether oxygens (including phenoxy) is 2. The minimum absolute atomic E-state index is 0.0132. The van der Waals surface area contributed by atoms with Crippen molar-refractivity contribution in [1.29, 1.82) is 0 Å². The van der Waals surface area contributed by atoms with E-state index in [1.54, 1.807) is 0 Å². The van der Waals surface area contributed by atoms with Crippen molar-refractivity contribution in [3.05, 3.63) is 0 Å². The lowest BCUT2D eigenvalue weighted by molar-refractivity contribution is -0.924. The van der Waals surface area contributed by atoms with Crippen LogP contribution in [0.5, 0.6) is 0 Å².